The Morgan fingerprint density at radius 1 is 1.19 bits per heavy atom. The molecule has 0 spiro atoms. The number of carbonyl (C=O) groups is 2. The second kappa shape index (κ2) is 7.09. The van der Waals surface area contributed by atoms with Crippen molar-refractivity contribution in [2.45, 2.75) is 45.1 Å². The van der Waals surface area contributed by atoms with Crippen LogP contribution in [0.3, 0.4) is 0 Å². The van der Waals surface area contributed by atoms with Gasteiger partial charge in [0.2, 0.25) is 5.91 Å². The van der Waals surface area contributed by atoms with Crippen LogP contribution in [-0.2, 0) is 4.79 Å². The minimum atomic E-state index is -0.156. The summed E-state index contributed by atoms with van der Waals surface area (Å²) in [4.78, 5) is 22.5. The van der Waals surface area contributed by atoms with E-state index in [4.69, 9.17) is 0 Å². The van der Waals surface area contributed by atoms with E-state index in [0.29, 0.717) is 25.6 Å². The summed E-state index contributed by atoms with van der Waals surface area (Å²) in [5.74, 6) is -0.0244. The van der Waals surface area contributed by atoms with Gasteiger partial charge < -0.3 is 16.0 Å². The van der Waals surface area contributed by atoms with Gasteiger partial charge in [-0.25, -0.2) is 4.79 Å². The Morgan fingerprint density at radius 2 is 1.88 bits per heavy atom. The summed E-state index contributed by atoms with van der Waals surface area (Å²) in [6.07, 6.45) is 4.88. The Balaban J connectivity index is 2.03. The lowest BCUT2D eigenvalue weighted by molar-refractivity contribution is -0.120. The van der Waals surface area contributed by atoms with Crippen LogP contribution in [0, 0.1) is 0 Å². The van der Waals surface area contributed by atoms with E-state index in [1.807, 2.05) is 6.92 Å². The van der Waals surface area contributed by atoms with Crippen LogP contribution in [0.4, 0.5) is 4.79 Å². The molecule has 1 aliphatic rings. The zero-order valence-electron chi connectivity index (χ0n) is 9.84. The van der Waals surface area contributed by atoms with E-state index in [9.17, 15) is 9.59 Å². The monoisotopic (exact) mass is 227 g/mol. The highest BCUT2D eigenvalue weighted by Gasteiger charge is 2.16. The molecule has 0 aromatic heterocycles. The lowest BCUT2D eigenvalue weighted by atomic mass is 10.2. The Bertz CT molecular complexity index is 237. The Morgan fingerprint density at radius 3 is 2.50 bits per heavy atom. The van der Waals surface area contributed by atoms with Crippen LogP contribution in [0.15, 0.2) is 0 Å². The van der Waals surface area contributed by atoms with Gasteiger partial charge in [0.15, 0.2) is 0 Å². The molecule has 1 saturated carbocycles. The van der Waals surface area contributed by atoms with E-state index in [0.717, 1.165) is 12.8 Å². The van der Waals surface area contributed by atoms with Crippen molar-refractivity contribution < 1.29 is 9.59 Å². The Hall–Kier alpha value is -1.26. The Kier molecular flexibility index (Phi) is 5.67. The first kappa shape index (κ1) is 12.8. The molecule has 5 heteroatoms. The van der Waals surface area contributed by atoms with Crippen LogP contribution < -0.4 is 16.0 Å². The molecule has 3 amide bonds. The van der Waals surface area contributed by atoms with Crippen LogP contribution in [0.25, 0.3) is 0 Å². The maximum absolute atomic E-state index is 11.4. The molecule has 3 N–H and O–H groups in total. The summed E-state index contributed by atoms with van der Waals surface area (Å²) in [5, 5.41) is 8.27. The molecule has 0 saturated heterocycles. The van der Waals surface area contributed by atoms with Crippen molar-refractivity contribution >= 4 is 11.9 Å². The van der Waals surface area contributed by atoms with Gasteiger partial charge in [0, 0.05) is 25.6 Å². The molecule has 0 aromatic carbocycles. The zero-order chi connectivity index (χ0) is 11.8. The van der Waals surface area contributed by atoms with Crippen LogP contribution in [0.2, 0.25) is 0 Å². The number of amides is 3. The third kappa shape index (κ3) is 5.00. The summed E-state index contributed by atoms with van der Waals surface area (Å²) in [7, 11) is 0. The van der Waals surface area contributed by atoms with Gasteiger partial charge in [-0.3, -0.25) is 4.79 Å². The fourth-order valence-electron chi connectivity index (χ4n) is 1.88. The number of rotatable bonds is 5. The van der Waals surface area contributed by atoms with Gasteiger partial charge >= 0.3 is 6.03 Å². The topological polar surface area (TPSA) is 70.2 Å². The minimum Gasteiger partial charge on any atom is -0.356 e. The first-order valence-corrected chi connectivity index (χ1v) is 6.03. The number of hydrogen-bond acceptors (Lipinski definition) is 2. The van der Waals surface area contributed by atoms with E-state index >= 15 is 0 Å². The summed E-state index contributed by atoms with van der Waals surface area (Å²) in [5.41, 5.74) is 0. The second-order valence-electron chi connectivity index (χ2n) is 4.09. The summed E-state index contributed by atoms with van der Waals surface area (Å²) >= 11 is 0. The predicted octanol–water partition coefficient (Wildman–Crippen LogP) is 0.754. The van der Waals surface area contributed by atoms with Crippen molar-refractivity contribution in [1.29, 1.82) is 0 Å². The van der Waals surface area contributed by atoms with Crippen molar-refractivity contribution in [3.63, 3.8) is 0 Å². The van der Waals surface area contributed by atoms with E-state index in [2.05, 4.69) is 16.0 Å². The number of urea groups is 1. The number of nitrogens with one attached hydrogen (secondary N) is 3. The SMILES string of the molecule is CCNC(=O)CCNC(=O)NC1CCCC1. The standard InChI is InChI=1S/C11H21N3O2/c1-2-12-10(15)7-8-13-11(16)14-9-5-3-4-6-9/h9H,2-8H2,1H3,(H,12,15)(H2,13,14,16). The fourth-order valence-corrected chi connectivity index (χ4v) is 1.88. The summed E-state index contributed by atoms with van der Waals surface area (Å²) in [6, 6.07) is 0.167. The van der Waals surface area contributed by atoms with Crippen molar-refractivity contribution in [2.75, 3.05) is 13.1 Å². The van der Waals surface area contributed by atoms with Gasteiger partial charge in [-0.05, 0) is 19.8 Å². The van der Waals surface area contributed by atoms with Crippen molar-refractivity contribution in [2.24, 2.45) is 0 Å². The fraction of sp³-hybridized carbons (Fsp3) is 0.818. The molecular weight excluding hydrogens is 206 g/mol. The third-order valence-corrected chi connectivity index (χ3v) is 2.70. The lowest BCUT2D eigenvalue weighted by Crippen LogP contribution is -2.42. The molecular formula is C11H21N3O2. The molecule has 92 valence electrons. The quantitative estimate of drug-likeness (QED) is 0.649. The molecule has 0 radical (unpaired) electrons. The molecule has 0 atom stereocenters. The van der Waals surface area contributed by atoms with Crippen molar-refractivity contribution in [3.8, 4) is 0 Å². The van der Waals surface area contributed by atoms with E-state index in [-0.39, 0.29) is 11.9 Å². The molecule has 0 aromatic rings. The van der Waals surface area contributed by atoms with Gasteiger partial charge in [0.1, 0.15) is 0 Å². The summed E-state index contributed by atoms with van der Waals surface area (Å²) < 4.78 is 0. The van der Waals surface area contributed by atoms with E-state index < -0.39 is 0 Å². The number of carbonyl (C=O) groups excluding carboxylic acids is 2. The van der Waals surface area contributed by atoms with Gasteiger partial charge in [-0.2, -0.15) is 0 Å². The van der Waals surface area contributed by atoms with E-state index in [1.165, 1.54) is 12.8 Å². The van der Waals surface area contributed by atoms with Gasteiger partial charge in [-0.15, -0.1) is 0 Å². The minimum absolute atomic E-state index is 0.0244. The summed E-state index contributed by atoms with van der Waals surface area (Å²) in [6.45, 7) is 2.90. The third-order valence-electron chi connectivity index (χ3n) is 2.70. The van der Waals surface area contributed by atoms with Crippen LogP contribution in [0.5, 0.6) is 0 Å². The molecule has 1 rings (SSSR count). The van der Waals surface area contributed by atoms with E-state index in [1.54, 1.807) is 0 Å². The number of hydrogen-bond donors (Lipinski definition) is 3. The van der Waals surface area contributed by atoms with Crippen LogP contribution >= 0.6 is 0 Å². The molecule has 0 bridgehead atoms. The maximum Gasteiger partial charge on any atom is 0.315 e. The maximum atomic E-state index is 11.4. The molecule has 0 unspecified atom stereocenters. The van der Waals surface area contributed by atoms with Gasteiger partial charge in [0.25, 0.3) is 0 Å². The first-order valence-electron chi connectivity index (χ1n) is 6.03. The molecule has 0 aliphatic heterocycles. The second-order valence-corrected chi connectivity index (χ2v) is 4.09. The molecule has 1 fully saturated rings. The normalized spacial score (nSPS) is 15.8. The largest absolute Gasteiger partial charge is 0.356 e. The molecule has 5 nitrogen and oxygen atoms in total. The zero-order valence-corrected chi connectivity index (χ0v) is 9.84. The molecule has 1 aliphatic carbocycles. The highest BCUT2D eigenvalue weighted by atomic mass is 16.2. The molecule has 16 heavy (non-hydrogen) atoms. The van der Waals surface area contributed by atoms with Crippen molar-refractivity contribution in [3.05, 3.63) is 0 Å². The average molecular weight is 227 g/mol. The van der Waals surface area contributed by atoms with Gasteiger partial charge in [-0.1, -0.05) is 12.8 Å². The molecule has 0 heterocycles. The average Bonchev–Trinajstić information content (AvgIpc) is 2.70. The Labute approximate surface area is 96.4 Å². The van der Waals surface area contributed by atoms with Crippen molar-refractivity contribution in [1.82, 2.24) is 16.0 Å². The highest BCUT2D eigenvalue weighted by molar-refractivity contribution is 5.78. The van der Waals surface area contributed by atoms with Gasteiger partial charge in [0.05, 0.1) is 0 Å². The van der Waals surface area contributed by atoms with Crippen LogP contribution in [-0.4, -0.2) is 31.1 Å². The lowest BCUT2D eigenvalue weighted by Gasteiger charge is -2.12. The van der Waals surface area contributed by atoms with Crippen LogP contribution in [0.1, 0.15) is 39.0 Å². The first-order chi connectivity index (χ1) is 7.72. The smallest absolute Gasteiger partial charge is 0.315 e. The predicted molar refractivity (Wildman–Crippen MR) is 62.1 cm³/mol. The highest BCUT2D eigenvalue weighted by Crippen LogP contribution is 2.17.